The zero-order valence-corrected chi connectivity index (χ0v) is 16.0. The summed E-state index contributed by atoms with van der Waals surface area (Å²) in [6.45, 7) is 3.98. The molecule has 2 atom stereocenters. The number of pyridine rings is 1. The minimum atomic E-state index is 0.304. The van der Waals surface area contributed by atoms with E-state index in [0.717, 1.165) is 57.0 Å². The highest BCUT2D eigenvalue weighted by Crippen LogP contribution is 2.53. The van der Waals surface area contributed by atoms with Gasteiger partial charge in [-0.05, 0) is 44.5 Å². The Bertz CT molecular complexity index is 1360. The van der Waals surface area contributed by atoms with Gasteiger partial charge in [-0.3, -0.25) is 9.97 Å². The summed E-state index contributed by atoms with van der Waals surface area (Å²) in [5.74, 6) is 2.64. The van der Waals surface area contributed by atoms with Crippen LogP contribution >= 0.6 is 0 Å². The van der Waals surface area contributed by atoms with Crippen LogP contribution in [0.25, 0.3) is 27.6 Å². The molecule has 7 nitrogen and oxygen atoms in total. The van der Waals surface area contributed by atoms with E-state index < -0.39 is 0 Å². The highest BCUT2D eigenvalue weighted by molar-refractivity contribution is 6.02. The number of aromatic nitrogens is 7. The number of fused-ring (bicyclic) bond motifs is 4. The van der Waals surface area contributed by atoms with E-state index in [4.69, 9.17) is 15.1 Å². The van der Waals surface area contributed by atoms with E-state index >= 15 is 0 Å². The molecule has 1 saturated carbocycles. The van der Waals surface area contributed by atoms with E-state index in [2.05, 4.69) is 39.8 Å². The number of imidazole rings is 1. The fraction of sp³-hybridized carbons (Fsp3) is 0.286. The summed E-state index contributed by atoms with van der Waals surface area (Å²) in [5.41, 5.74) is 5.89. The molecule has 138 valence electrons. The Balaban J connectivity index is 1.44. The topological polar surface area (TPSA) is 73.8 Å². The lowest BCUT2D eigenvalue weighted by Gasteiger charge is -2.01. The zero-order valence-electron chi connectivity index (χ0n) is 16.0. The van der Waals surface area contributed by atoms with Crippen molar-refractivity contribution in [1.82, 2.24) is 34.1 Å². The lowest BCUT2D eigenvalue weighted by Crippen LogP contribution is -1.98. The minimum absolute atomic E-state index is 0.304. The number of benzene rings is 1. The van der Waals surface area contributed by atoms with Crippen LogP contribution in [-0.4, -0.2) is 34.1 Å². The average Bonchev–Trinajstić information content (AvgIpc) is 3.23. The van der Waals surface area contributed by atoms with Crippen LogP contribution in [0.3, 0.4) is 0 Å². The van der Waals surface area contributed by atoms with Gasteiger partial charge in [-0.25, -0.2) is 14.5 Å². The van der Waals surface area contributed by atoms with Crippen LogP contribution in [0.1, 0.15) is 41.3 Å². The van der Waals surface area contributed by atoms with Gasteiger partial charge in [0.15, 0.2) is 11.5 Å². The normalized spacial score (nSPS) is 19.1. The summed E-state index contributed by atoms with van der Waals surface area (Å²) in [4.78, 5) is 18.7. The van der Waals surface area contributed by atoms with Crippen molar-refractivity contribution in [3.05, 3.63) is 59.7 Å². The van der Waals surface area contributed by atoms with Crippen LogP contribution in [0.2, 0.25) is 0 Å². The quantitative estimate of drug-likeness (QED) is 0.476. The Morgan fingerprint density at radius 1 is 1.04 bits per heavy atom. The van der Waals surface area contributed by atoms with E-state index in [1.165, 1.54) is 0 Å². The first kappa shape index (κ1) is 15.7. The van der Waals surface area contributed by atoms with Crippen molar-refractivity contribution >= 4 is 27.6 Å². The first-order valence-corrected chi connectivity index (χ1v) is 9.51. The molecule has 4 aromatic heterocycles. The van der Waals surface area contributed by atoms with E-state index in [9.17, 15) is 0 Å². The number of aryl methyl sites for hydroxylation is 3. The molecule has 0 spiro atoms. The standard InChI is InChI=1S/C21H19N7/c1-11-10-23-12(2)20-25-19(26-28(11)20)14-9-15(14)21-24-18-13-5-4-8-22-16(13)6-7-17(18)27(21)3/h4-8,10,14-15H,9H2,1-3H3/t14-,15?/m1/s1. The summed E-state index contributed by atoms with van der Waals surface area (Å²) >= 11 is 0. The van der Waals surface area contributed by atoms with E-state index in [0.29, 0.717) is 11.8 Å². The molecule has 1 aliphatic carbocycles. The molecule has 1 aromatic carbocycles. The van der Waals surface area contributed by atoms with Crippen LogP contribution in [0, 0.1) is 13.8 Å². The van der Waals surface area contributed by atoms with Crippen LogP contribution in [0.5, 0.6) is 0 Å². The molecule has 0 radical (unpaired) electrons. The van der Waals surface area contributed by atoms with Crippen molar-refractivity contribution in [2.75, 3.05) is 0 Å². The van der Waals surface area contributed by atoms with E-state index in [1.54, 1.807) is 0 Å². The molecule has 6 rings (SSSR count). The molecular weight excluding hydrogens is 350 g/mol. The third-order valence-electron chi connectivity index (χ3n) is 5.85. The molecule has 0 bridgehead atoms. The second kappa shape index (κ2) is 5.34. The molecule has 4 heterocycles. The largest absolute Gasteiger partial charge is 0.331 e. The number of hydrogen-bond donors (Lipinski definition) is 0. The summed E-state index contributed by atoms with van der Waals surface area (Å²) in [5, 5.41) is 5.86. The molecule has 1 unspecified atom stereocenters. The van der Waals surface area contributed by atoms with Gasteiger partial charge in [-0.2, -0.15) is 5.10 Å². The Labute approximate surface area is 161 Å². The zero-order chi connectivity index (χ0) is 19.0. The summed E-state index contributed by atoms with van der Waals surface area (Å²) in [6.07, 6.45) is 4.69. The molecule has 1 aliphatic rings. The predicted molar refractivity (Wildman–Crippen MR) is 106 cm³/mol. The molecule has 0 saturated heterocycles. The van der Waals surface area contributed by atoms with Crippen molar-refractivity contribution in [2.45, 2.75) is 32.1 Å². The van der Waals surface area contributed by atoms with Gasteiger partial charge >= 0.3 is 0 Å². The SMILES string of the molecule is Cc1ncc(C)n2nc([C@@H]3CC3c3nc4c5cccnc5ccc4n3C)nc12. The first-order chi connectivity index (χ1) is 13.6. The molecule has 0 aliphatic heterocycles. The third kappa shape index (κ3) is 2.07. The summed E-state index contributed by atoms with van der Waals surface area (Å²) < 4.78 is 4.11. The van der Waals surface area contributed by atoms with E-state index in [1.807, 2.05) is 36.8 Å². The monoisotopic (exact) mass is 369 g/mol. The van der Waals surface area contributed by atoms with Crippen molar-refractivity contribution in [3.63, 3.8) is 0 Å². The highest BCUT2D eigenvalue weighted by Gasteiger charge is 2.45. The van der Waals surface area contributed by atoms with Crippen molar-refractivity contribution in [3.8, 4) is 0 Å². The molecule has 28 heavy (non-hydrogen) atoms. The molecule has 0 amide bonds. The molecule has 1 fully saturated rings. The van der Waals surface area contributed by atoms with Gasteiger partial charge in [0.25, 0.3) is 0 Å². The van der Waals surface area contributed by atoms with Crippen LogP contribution < -0.4 is 0 Å². The van der Waals surface area contributed by atoms with Crippen molar-refractivity contribution in [2.24, 2.45) is 7.05 Å². The van der Waals surface area contributed by atoms with Gasteiger partial charge in [0.05, 0.1) is 27.9 Å². The Morgan fingerprint density at radius 3 is 2.79 bits per heavy atom. The third-order valence-corrected chi connectivity index (χ3v) is 5.85. The number of rotatable bonds is 2. The summed E-state index contributed by atoms with van der Waals surface area (Å²) in [7, 11) is 2.09. The second-order valence-corrected chi connectivity index (χ2v) is 7.67. The Kier molecular flexibility index (Phi) is 2.99. The second-order valence-electron chi connectivity index (χ2n) is 7.67. The van der Waals surface area contributed by atoms with Gasteiger partial charge in [-0.1, -0.05) is 0 Å². The smallest absolute Gasteiger partial charge is 0.177 e. The van der Waals surface area contributed by atoms with Gasteiger partial charge in [0, 0.05) is 36.7 Å². The predicted octanol–water partition coefficient (Wildman–Crippen LogP) is 3.45. The summed E-state index contributed by atoms with van der Waals surface area (Å²) in [6, 6.07) is 8.24. The maximum Gasteiger partial charge on any atom is 0.177 e. The van der Waals surface area contributed by atoms with E-state index in [-0.39, 0.29) is 0 Å². The van der Waals surface area contributed by atoms with Crippen molar-refractivity contribution < 1.29 is 0 Å². The van der Waals surface area contributed by atoms with Crippen LogP contribution in [0.4, 0.5) is 0 Å². The Morgan fingerprint density at radius 2 is 1.93 bits per heavy atom. The van der Waals surface area contributed by atoms with Crippen molar-refractivity contribution in [1.29, 1.82) is 0 Å². The number of nitrogens with zero attached hydrogens (tertiary/aromatic N) is 7. The molecular formula is C21H19N7. The van der Waals surface area contributed by atoms with Gasteiger partial charge in [-0.15, -0.1) is 0 Å². The van der Waals surface area contributed by atoms with Crippen LogP contribution in [0.15, 0.2) is 36.7 Å². The maximum atomic E-state index is 5.02. The lowest BCUT2D eigenvalue weighted by molar-refractivity contribution is 0.780. The Hall–Kier alpha value is -3.35. The van der Waals surface area contributed by atoms with Gasteiger partial charge in [0.1, 0.15) is 5.82 Å². The first-order valence-electron chi connectivity index (χ1n) is 9.51. The maximum absolute atomic E-state index is 5.02. The van der Waals surface area contributed by atoms with Gasteiger partial charge in [0.2, 0.25) is 0 Å². The molecule has 7 heteroatoms. The fourth-order valence-electron chi connectivity index (χ4n) is 4.19. The fourth-order valence-corrected chi connectivity index (χ4v) is 4.19. The molecule has 0 N–H and O–H groups in total. The van der Waals surface area contributed by atoms with Gasteiger partial charge < -0.3 is 4.57 Å². The number of hydrogen-bond acceptors (Lipinski definition) is 5. The lowest BCUT2D eigenvalue weighted by atomic mass is 10.2. The highest BCUT2D eigenvalue weighted by atomic mass is 15.3. The average molecular weight is 369 g/mol. The molecule has 5 aromatic rings. The van der Waals surface area contributed by atoms with Crippen LogP contribution in [-0.2, 0) is 7.05 Å². The minimum Gasteiger partial charge on any atom is -0.331 e.